The average molecular weight is 718 g/mol. The van der Waals surface area contributed by atoms with Gasteiger partial charge in [-0.05, 0) is 78.8 Å². The third-order valence-corrected chi connectivity index (χ3v) is 11.9. The molecule has 0 spiro atoms. The number of hydrogen-bond donors (Lipinski definition) is 0. The van der Waals surface area contributed by atoms with Crippen molar-refractivity contribution in [2.75, 3.05) is 0 Å². The minimum absolute atomic E-state index is 0.648. The molecule has 0 aliphatic heterocycles. The van der Waals surface area contributed by atoms with Gasteiger partial charge in [0, 0.05) is 36.9 Å². The summed E-state index contributed by atoms with van der Waals surface area (Å²) in [6.45, 7) is 0. The summed E-state index contributed by atoms with van der Waals surface area (Å²) >= 11 is 1.86. The summed E-state index contributed by atoms with van der Waals surface area (Å²) in [5, 5.41) is 10.2. The maximum absolute atomic E-state index is 4.97. The van der Waals surface area contributed by atoms with Crippen LogP contribution in [0.25, 0.3) is 109 Å². The Morgan fingerprint density at radius 3 is 1.40 bits per heavy atom. The summed E-state index contributed by atoms with van der Waals surface area (Å²) in [7, 11) is 0. The van der Waals surface area contributed by atoms with Crippen LogP contribution in [0.1, 0.15) is 0 Å². The van der Waals surface area contributed by atoms with Gasteiger partial charge in [0.05, 0.1) is 0 Å². The van der Waals surface area contributed by atoms with Crippen LogP contribution in [0.2, 0.25) is 0 Å². The molecular weight excluding hydrogens is 687 g/mol. The van der Waals surface area contributed by atoms with Crippen molar-refractivity contribution in [1.29, 1.82) is 0 Å². The third kappa shape index (κ3) is 5.38. The fraction of sp³-hybridized carbons (Fsp3) is 0. The van der Waals surface area contributed by atoms with Crippen LogP contribution in [0.4, 0.5) is 0 Å². The van der Waals surface area contributed by atoms with Crippen LogP contribution in [-0.4, -0.2) is 15.0 Å². The highest BCUT2D eigenvalue weighted by molar-refractivity contribution is 7.25. The van der Waals surface area contributed by atoms with Gasteiger partial charge in [0.25, 0.3) is 0 Å². The second-order valence-corrected chi connectivity index (χ2v) is 15.0. The molecule has 3 nitrogen and oxygen atoms in total. The Labute approximate surface area is 321 Å². The summed E-state index contributed by atoms with van der Waals surface area (Å²) < 4.78 is 2.65. The Bertz CT molecular complexity index is 3180. The topological polar surface area (TPSA) is 38.7 Å². The molecule has 0 unspecified atom stereocenters. The molecule has 256 valence electrons. The fourth-order valence-electron chi connectivity index (χ4n) is 8.07. The van der Waals surface area contributed by atoms with Crippen molar-refractivity contribution >= 4 is 63.8 Å². The fourth-order valence-corrected chi connectivity index (χ4v) is 9.15. The van der Waals surface area contributed by atoms with Gasteiger partial charge >= 0.3 is 0 Å². The molecule has 11 aromatic rings. The van der Waals surface area contributed by atoms with E-state index in [1.807, 2.05) is 72.0 Å². The molecule has 11 rings (SSSR count). The first kappa shape index (κ1) is 31.5. The molecule has 0 fully saturated rings. The Balaban J connectivity index is 1.05. The van der Waals surface area contributed by atoms with Crippen molar-refractivity contribution in [2.45, 2.75) is 0 Å². The summed E-state index contributed by atoms with van der Waals surface area (Å²) in [6, 6.07) is 67.1. The zero-order chi connectivity index (χ0) is 36.3. The van der Waals surface area contributed by atoms with Crippen molar-refractivity contribution in [3.05, 3.63) is 188 Å². The molecule has 0 aliphatic carbocycles. The van der Waals surface area contributed by atoms with E-state index in [1.54, 1.807) is 0 Å². The molecule has 4 heteroatoms. The number of aromatic nitrogens is 3. The number of nitrogens with zero attached hydrogens (tertiary/aromatic N) is 3. The molecule has 2 heterocycles. The molecular formula is C51H31N3S. The van der Waals surface area contributed by atoms with E-state index in [1.165, 1.54) is 69.2 Å². The standard InChI is InChI=1S/C51H31N3S/c1-3-12-33(13-4-1)49-52-50(34-14-5-2-6-15-34)54-51(53-49)35-24-22-32(23-25-35)38-19-11-20-42-39-16-7-8-17-40(39)44-30-36(26-28-43(44)48(38)42)37-27-29-47-45(31-37)41-18-9-10-21-46(41)55-47/h1-31H. The largest absolute Gasteiger partial charge is 0.208 e. The first-order valence-electron chi connectivity index (χ1n) is 18.5. The van der Waals surface area contributed by atoms with Crippen LogP contribution in [0.3, 0.4) is 0 Å². The molecule has 0 radical (unpaired) electrons. The number of hydrogen-bond acceptors (Lipinski definition) is 4. The van der Waals surface area contributed by atoms with Crippen molar-refractivity contribution in [3.63, 3.8) is 0 Å². The lowest BCUT2D eigenvalue weighted by atomic mass is 9.88. The van der Waals surface area contributed by atoms with Crippen LogP contribution in [-0.2, 0) is 0 Å². The predicted molar refractivity (Wildman–Crippen MR) is 232 cm³/mol. The Kier molecular flexibility index (Phi) is 7.35. The van der Waals surface area contributed by atoms with Crippen LogP contribution < -0.4 is 0 Å². The number of fused-ring (bicyclic) bond motifs is 9. The summed E-state index contributed by atoms with van der Waals surface area (Å²) in [6.07, 6.45) is 0. The minimum atomic E-state index is 0.648. The monoisotopic (exact) mass is 717 g/mol. The van der Waals surface area contributed by atoms with Gasteiger partial charge in [-0.2, -0.15) is 0 Å². The molecule has 55 heavy (non-hydrogen) atoms. The van der Waals surface area contributed by atoms with E-state index in [0.717, 1.165) is 22.3 Å². The number of benzene rings is 9. The van der Waals surface area contributed by atoms with Crippen molar-refractivity contribution in [3.8, 4) is 56.4 Å². The van der Waals surface area contributed by atoms with Gasteiger partial charge in [0.2, 0.25) is 0 Å². The summed E-state index contributed by atoms with van der Waals surface area (Å²) in [5.41, 5.74) is 7.65. The molecule has 0 saturated carbocycles. The van der Waals surface area contributed by atoms with Gasteiger partial charge in [-0.15, -0.1) is 11.3 Å². The van der Waals surface area contributed by atoms with Gasteiger partial charge < -0.3 is 0 Å². The van der Waals surface area contributed by atoms with Gasteiger partial charge in [-0.1, -0.05) is 164 Å². The molecule has 0 amide bonds. The maximum atomic E-state index is 4.97. The zero-order valence-electron chi connectivity index (χ0n) is 29.6. The molecule has 0 N–H and O–H groups in total. The smallest absolute Gasteiger partial charge is 0.164 e. The molecule has 0 saturated heterocycles. The van der Waals surface area contributed by atoms with Crippen LogP contribution in [0.5, 0.6) is 0 Å². The van der Waals surface area contributed by atoms with E-state index in [9.17, 15) is 0 Å². The molecule has 2 aromatic heterocycles. The Morgan fingerprint density at radius 2 is 0.727 bits per heavy atom. The van der Waals surface area contributed by atoms with E-state index >= 15 is 0 Å². The Morgan fingerprint density at radius 1 is 0.273 bits per heavy atom. The van der Waals surface area contributed by atoms with Crippen molar-refractivity contribution < 1.29 is 0 Å². The quantitative estimate of drug-likeness (QED) is 0.166. The van der Waals surface area contributed by atoms with E-state index in [2.05, 4.69) is 127 Å². The first-order chi connectivity index (χ1) is 27.2. The highest BCUT2D eigenvalue weighted by Gasteiger charge is 2.16. The molecule has 9 aromatic carbocycles. The summed E-state index contributed by atoms with van der Waals surface area (Å²) in [4.78, 5) is 14.8. The SMILES string of the molecule is c1ccc(-c2nc(-c3ccccc3)nc(-c3ccc(-c4cccc5c6ccccc6c6cc(-c7ccc8sc9ccccc9c8c7)ccc6c45)cc3)n2)cc1. The van der Waals surface area contributed by atoms with Gasteiger partial charge in [-0.3, -0.25) is 0 Å². The number of thiophene rings is 1. The van der Waals surface area contributed by atoms with E-state index in [0.29, 0.717) is 17.5 Å². The van der Waals surface area contributed by atoms with Crippen molar-refractivity contribution in [2.24, 2.45) is 0 Å². The van der Waals surface area contributed by atoms with Gasteiger partial charge in [0.15, 0.2) is 17.5 Å². The minimum Gasteiger partial charge on any atom is -0.208 e. The van der Waals surface area contributed by atoms with E-state index in [4.69, 9.17) is 15.0 Å². The second-order valence-electron chi connectivity index (χ2n) is 14.0. The molecule has 0 atom stereocenters. The van der Waals surface area contributed by atoms with Gasteiger partial charge in [0.1, 0.15) is 0 Å². The zero-order valence-corrected chi connectivity index (χ0v) is 30.5. The highest BCUT2D eigenvalue weighted by Crippen LogP contribution is 2.43. The predicted octanol–water partition coefficient (Wildman–Crippen LogP) is 14.0. The summed E-state index contributed by atoms with van der Waals surface area (Å²) in [5.74, 6) is 1.96. The lowest BCUT2D eigenvalue weighted by molar-refractivity contribution is 1.07. The number of rotatable bonds is 5. The van der Waals surface area contributed by atoms with Crippen LogP contribution in [0, 0.1) is 0 Å². The lowest BCUT2D eigenvalue weighted by Crippen LogP contribution is -2.00. The maximum Gasteiger partial charge on any atom is 0.164 e. The van der Waals surface area contributed by atoms with Crippen LogP contribution >= 0.6 is 11.3 Å². The normalized spacial score (nSPS) is 11.6. The molecule has 0 bridgehead atoms. The average Bonchev–Trinajstić information content (AvgIpc) is 3.65. The van der Waals surface area contributed by atoms with Gasteiger partial charge in [-0.25, -0.2) is 15.0 Å². The van der Waals surface area contributed by atoms with Crippen molar-refractivity contribution in [1.82, 2.24) is 15.0 Å². The molecule has 0 aliphatic rings. The highest BCUT2D eigenvalue weighted by atomic mass is 32.1. The second kappa shape index (κ2) is 12.8. The van der Waals surface area contributed by atoms with E-state index in [-0.39, 0.29) is 0 Å². The first-order valence-corrected chi connectivity index (χ1v) is 19.3. The Hall–Kier alpha value is -7.01. The van der Waals surface area contributed by atoms with E-state index < -0.39 is 0 Å². The van der Waals surface area contributed by atoms with Crippen LogP contribution in [0.15, 0.2) is 188 Å². The lowest BCUT2D eigenvalue weighted by Gasteiger charge is -2.16. The third-order valence-electron chi connectivity index (χ3n) is 10.7.